The normalized spacial score (nSPS) is 12.4. The predicted molar refractivity (Wildman–Crippen MR) is 65.9 cm³/mol. The van der Waals surface area contributed by atoms with Gasteiger partial charge in [-0.05, 0) is 12.5 Å². The van der Waals surface area contributed by atoms with Crippen molar-refractivity contribution in [2.24, 2.45) is 5.10 Å². The number of hydrogen-bond acceptors (Lipinski definition) is 2. The van der Waals surface area contributed by atoms with E-state index in [0.717, 1.165) is 5.56 Å². The lowest BCUT2D eigenvalue weighted by molar-refractivity contribution is 0.239. The zero-order chi connectivity index (χ0) is 11.8. The molecule has 0 heterocycles. The molecule has 1 atom stereocenters. The maximum absolute atomic E-state index is 11.2. The van der Waals surface area contributed by atoms with Crippen molar-refractivity contribution >= 4 is 23.8 Å². The van der Waals surface area contributed by atoms with E-state index in [1.54, 1.807) is 6.21 Å². The Kier molecular flexibility index (Phi) is 5.36. The minimum absolute atomic E-state index is 0.0754. The molecule has 1 unspecified atom stereocenters. The van der Waals surface area contributed by atoms with Gasteiger partial charge in [0, 0.05) is 11.9 Å². The standard InChI is InChI=1S/C11H14ClN3O/c1-9(7-12)14-11(16)15-13-8-10-5-3-2-4-6-10/h2-6,8-9H,7H2,1H3,(H2,14,15,16). The van der Waals surface area contributed by atoms with Gasteiger partial charge in [-0.2, -0.15) is 5.10 Å². The topological polar surface area (TPSA) is 53.5 Å². The van der Waals surface area contributed by atoms with E-state index in [-0.39, 0.29) is 12.1 Å². The largest absolute Gasteiger partial charge is 0.335 e. The number of amides is 2. The Bertz CT molecular complexity index is 354. The van der Waals surface area contributed by atoms with Crippen LogP contribution >= 0.6 is 11.6 Å². The lowest BCUT2D eigenvalue weighted by Crippen LogP contribution is -2.39. The van der Waals surface area contributed by atoms with E-state index in [1.165, 1.54) is 0 Å². The third-order valence-corrected chi connectivity index (χ3v) is 2.25. The van der Waals surface area contributed by atoms with Crippen molar-refractivity contribution in [3.8, 4) is 0 Å². The van der Waals surface area contributed by atoms with Gasteiger partial charge in [-0.3, -0.25) is 0 Å². The zero-order valence-corrected chi connectivity index (χ0v) is 9.74. The number of benzene rings is 1. The summed E-state index contributed by atoms with van der Waals surface area (Å²) in [6, 6.07) is 9.07. The van der Waals surface area contributed by atoms with Gasteiger partial charge in [-0.15, -0.1) is 11.6 Å². The van der Waals surface area contributed by atoms with E-state index < -0.39 is 0 Å². The number of nitrogens with one attached hydrogen (secondary N) is 2. The molecular weight excluding hydrogens is 226 g/mol. The Morgan fingerprint density at radius 2 is 2.19 bits per heavy atom. The molecule has 0 aromatic heterocycles. The number of alkyl halides is 1. The van der Waals surface area contributed by atoms with Gasteiger partial charge in [0.1, 0.15) is 0 Å². The third-order valence-electron chi connectivity index (χ3n) is 1.79. The van der Waals surface area contributed by atoms with Gasteiger partial charge in [-0.1, -0.05) is 30.3 Å². The third kappa shape index (κ3) is 4.79. The molecule has 0 radical (unpaired) electrons. The van der Waals surface area contributed by atoms with Crippen LogP contribution in [-0.4, -0.2) is 24.2 Å². The highest BCUT2D eigenvalue weighted by molar-refractivity contribution is 6.18. The first kappa shape index (κ1) is 12.5. The summed E-state index contributed by atoms with van der Waals surface area (Å²) in [5, 5.41) is 6.42. The van der Waals surface area contributed by atoms with Gasteiger partial charge in [-0.25, -0.2) is 10.2 Å². The average molecular weight is 240 g/mol. The highest BCUT2D eigenvalue weighted by Gasteiger charge is 2.03. The maximum atomic E-state index is 11.2. The summed E-state index contributed by atoms with van der Waals surface area (Å²) in [5.41, 5.74) is 3.28. The molecule has 2 N–H and O–H groups in total. The first-order valence-electron chi connectivity index (χ1n) is 4.93. The lowest BCUT2D eigenvalue weighted by Gasteiger charge is -2.08. The van der Waals surface area contributed by atoms with Crippen LogP contribution in [-0.2, 0) is 0 Å². The summed E-state index contributed by atoms with van der Waals surface area (Å²) in [5.74, 6) is 0.371. The van der Waals surface area contributed by atoms with Crippen molar-refractivity contribution in [1.29, 1.82) is 0 Å². The Hall–Kier alpha value is -1.55. The summed E-state index contributed by atoms with van der Waals surface area (Å²) in [6.45, 7) is 1.81. The minimum atomic E-state index is -0.361. The maximum Gasteiger partial charge on any atom is 0.335 e. The lowest BCUT2D eigenvalue weighted by atomic mass is 10.2. The summed E-state index contributed by atoms with van der Waals surface area (Å²) < 4.78 is 0. The molecule has 0 saturated heterocycles. The van der Waals surface area contributed by atoms with Gasteiger partial charge in [0.15, 0.2) is 0 Å². The predicted octanol–water partition coefficient (Wildman–Crippen LogP) is 1.95. The van der Waals surface area contributed by atoms with E-state index >= 15 is 0 Å². The summed E-state index contributed by atoms with van der Waals surface area (Å²) >= 11 is 5.55. The number of carbonyl (C=O) groups excluding carboxylic acids is 1. The van der Waals surface area contributed by atoms with Crippen LogP contribution in [0.15, 0.2) is 35.4 Å². The van der Waals surface area contributed by atoms with Crippen molar-refractivity contribution in [3.63, 3.8) is 0 Å². The SMILES string of the molecule is CC(CCl)NC(=O)NN=Cc1ccccc1. The fourth-order valence-corrected chi connectivity index (χ4v) is 1.08. The van der Waals surface area contributed by atoms with Crippen LogP contribution in [0.1, 0.15) is 12.5 Å². The highest BCUT2D eigenvalue weighted by Crippen LogP contribution is 1.93. The van der Waals surface area contributed by atoms with Crippen LogP contribution in [0.25, 0.3) is 0 Å². The molecular formula is C11H14ClN3O. The Labute approximate surface area is 99.7 Å². The quantitative estimate of drug-likeness (QED) is 0.471. The molecule has 2 amide bonds. The van der Waals surface area contributed by atoms with E-state index in [1.807, 2.05) is 37.3 Å². The monoisotopic (exact) mass is 239 g/mol. The fourth-order valence-electron chi connectivity index (χ4n) is 0.999. The molecule has 1 aromatic rings. The number of hydrazone groups is 1. The van der Waals surface area contributed by atoms with E-state index in [2.05, 4.69) is 15.8 Å². The fraction of sp³-hybridized carbons (Fsp3) is 0.273. The molecule has 1 aromatic carbocycles. The van der Waals surface area contributed by atoms with Crippen LogP contribution in [0.3, 0.4) is 0 Å². The first-order valence-corrected chi connectivity index (χ1v) is 5.46. The number of rotatable bonds is 4. The summed E-state index contributed by atoms with van der Waals surface area (Å²) in [4.78, 5) is 11.2. The van der Waals surface area contributed by atoms with Crippen LogP contribution in [0.5, 0.6) is 0 Å². The summed E-state index contributed by atoms with van der Waals surface area (Å²) in [6.07, 6.45) is 1.57. The van der Waals surface area contributed by atoms with Gasteiger partial charge >= 0.3 is 6.03 Å². The number of urea groups is 1. The molecule has 1 rings (SSSR count). The van der Waals surface area contributed by atoms with Crippen molar-refractivity contribution in [1.82, 2.24) is 10.7 Å². The Balaban J connectivity index is 2.34. The van der Waals surface area contributed by atoms with Gasteiger partial charge in [0.05, 0.1) is 6.21 Å². The van der Waals surface area contributed by atoms with Crippen molar-refractivity contribution < 1.29 is 4.79 Å². The number of carbonyl (C=O) groups is 1. The van der Waals surface area contributed by atoms with Gasteiger partial charge in [0.2, 0.25) is 0 Å². The Morgan fingerprint density at radius 3 is 2.81 bits per heavy atom. The molecule has 16 heavy (non-hydrogen) atoms. The van der Waals surface area contributed by atoms with Crippen LogP contribution in [0.2, 0.25) is 0 Å². The molecule has 5 heteroatoms. The second-order valence-electron chi connectivity index (χ2n) is 3.31. The molecule has 0 saturated carbocycles. The molecule has 0 bridgehead atoms. The molecule has 0 aliphatic heterocycles. The molecule has 4 nitrogen and oxygen atoms in total. The molecule has 0 spiro atoms. The van der Waals surface area contributed by atoms with Crippen molar-refractivity contribution in [2.75, 3.05) is 5.88 Å². The highest BCUT2D eigenvalue weighted by atomic mass is 35.5. The zero-order valence-electron chi connectivity index (χ0n) is 8.98. The van der Waals surface area contributed by atoms with Crippen LogP contribution < -0.4 is 10.7 Å². The van der Waals surface area contributed by atoms with Gasteiger partial charge < -0.3 is 5.32 Å². The second-order valence-corrected chi connectivity index (χ2v) is 3.62. The molecule has 0 aliphatic rings. The first-order chi connectivity index (χ1) is 7.72. The number of halogens is 1. The molecule has 0 aliphatic carbocycles. The summed E-state index contributed by atoms with van der Waals surface area (Å²) in [7, 11) is 0. The average Bonchev–Trinajstić information content (AvgIpc) is 2.30. The minimum Gasteiger partial charge on any atom is -0.333 e. The van der Waals surface area contributed by atoms with E-state index in [0.29, 0.717) is 5.88 Å². The molecule has 0 fully saturated rings. The van der Waals surface area contributed by atoms with Crippen molar-refractivity contribution in [2.45, 2.75) is 13.0 Å². The van der Waals surface area contributed by atoms with Crippen molar-refractivity contribution in [3.05, 3.63) is 35.9 Å². The second kappa shape index (κ2) is 6.85. The number of nitrogens with zero attached hydrogens (tertiary/aromatic N) is 1. The van der Waals surface area contributed by atoms with Crippen LogP contribution in [0, 0.1) is 0 Å². The van der Waals surface area contributed by atoms with E-state index in [9.17, 15) is 4.79 Å². The van der Waals surface area contributed by atoms with Gasteiger partial charge in [0.25, 0.3) is 0 Å². The van der Waals surface area contributed by atoms with E-state index in [4.69, 9.17) is 11.6 Å². The smallest absolute Gasteiger partial charge is 0.333 e. The number of hydrogen-bond donors (Lipinski definition) is 2. The molecule has 86 valence electrons. The van der Waals surface area contributed by atoms with Crippen LogP contribution in [0.4, 0.5) is 4.79 Å². The Morgan fingerprint density at radius 1 is 1.50 bits per heavy atom.